The molecule has 0 amide bonds. The van der Waals surface area contributed by atoms with Crippen LogP contribution in [0.1, 0.15) is 0 Å². The Kier molecular flexibility index (Phi) is 2.42. The van der Waals surface area contributed by atoms with Crippen LogP contribution in [0.4, 0.5) is 0 Å². The number of aromatic amines is 1. The minimum Gasteiger partial charge on any atom is -0.360 e. The lowest BCUT2D eigenvalue weighted by molar-refractivity contribution is 0.885. The molecule has 0 unspecified atom stereocenters. The number of fused-ring (bicyclic) bond motifs is 1. The second-order valence-electron chi connectivity index (χ2n) is 4.73. The summed E-state index contributed by atoms with van der Waals surface area (Å²) in [5, 5.41) is 5.87. The number of nitrogens with zero attached hydrogens (tertiary/aromatic N) is 2. The van der Waals surface area contributed by atoms with Gasteiger partial charge in [0.1, 0.15) is 0 Å². The van der Waals surface area contributed by atoms with Gasteiger partial charge in [0.05, 0.1) is 11.4 Å². The van der Waals surface area contributed by atoms with Gasteiger partial charge < -0.3 is 4.98 Å². The lowest BCUT2D eigenvalue weighted by Gasteiger charge is -1.99. The Morgan fingerprint density at radius 2 is 1.65 bits per heavy atom. The van der Waals surface area contributed by atoms with E-state index in [4.69, 9.17) is 0 Å². The van der Waals surface area contributed by atoms with E-state index in [0.717, 1.165) is 22.5 Å². The first-order valence-corrected chi connectivity index (χ1v) is 6.59. The van der Waals surface area contributed by atoms with Crippen molar-refractivity contribution in [3.63, 3.8) is 0 Å². The molecule has 4 rings (SSSR count). The molecule has 0 fully saturated rings. The quantitative estimate of drug-likeness (QED) is 0.579. The first-order chi connectivity index (χ1) is 9.92. The topological polar surface area (TPSA) is 33.6 Å². The molecule has 96 valence electrons. The molecule has 2 aromatic carbocycles. The van der Waals surface area contributed by atoms with Gasteiger partial charge >= 0.3 is 0 Å². The second-order valence-corrected chi connectivity index (χ2v) is 4.73. The van der Waals surface area contributed by atoms with E-state index >= 15 is 0 Å². The van der Waals surface area contributed by atoms with Crippen molar-refractivity contribution in [3.05, 3.63) is 73.1 Å². The van der Waals surface area contributed by atoms with E-state index in [2.05, 4.69) is 22.2 Å². The molecule has 0 saturated carbocycles. The van der Waals surface area contributed by atoms with Crippen LogP contribution in [0.2, 0.25) is 0 Å². The highest BCUT2D eigenvalue weighted by molar-refractivity contribution is 5.94. The Balaban J connectivity index is 1.82. The van der Waals surface area contributed by atoms with Gasteiger partial charge in [0, 0.05) is 28.9 Å². The van der Waals surface area contributed by atoms with E-state index in [1.165, 1.54) is 5.39 Å². The van der Waals surface area contributed by atoms with E-state index in [0.29, 0.717) is 0 Å². The largest absolute Gasteiger partial charge is 0.360 e. The third kappa shape index (κ3) is 1.72. The zero-order valence-corrected chi connectivity index (χ0v) is 10.8. The summed E-state index contributed by atoms with van der Waals surface area (Å²) >= 11 is 0. The first kappa shape index (κ1) is 11.1. The molecule has 3 heteroatoms. The molecule has 20 heavy (non-hydrogen) atoms. The lowest BCUT2D eigenvalue weighted by atomic mass is 10.1. The SMILES string of the molecule is c1ccc(-n2ccc(-c3c[nH]c4ccccc34)n2)cc1. The summed E-state index contributed by atoms with van der Waals surface area (Å²) in [7, 11) is 0. The molecule has 0 bridgehead atoms. The van der Waals surface area contributed by atoms with E-state index in [-0.39, 0.29) is 0 Å². The van der Waals surface area contributed by atoms with Crippen molar-refractivity contribution >= 4 is 10.9 Å². The highest BCUT2D eigenvalue weighted by Crippen LogP contribution is 2.27. The average Bonchev–Trinajstić information content (AvgIpc) is 3.14. The molecule has 0 saturated heterocycles. The number of nitrogens with one attached hydrogen (secondary N) is 1. The zero-order valence-electron chi connectivity index (χ0n) is 10.8. The lowest BCUT2D eigenvalue weighted by Crippen LogP contribution is -1.93. The van der Waals surface area contributed by atoms with Crippen molar-refractivity contribution in [1.82, 2.24) is 14.8 Å². The van der Waals surface area contributed by atoms with Crippen molar-refractivity contribution in [2.24, 2.45) is 0 Å². The van der Waals surface area contributed by atoms with Gasteiger partial charge in [-0.25, -0.2) is 4.68 Å². The third-order valence-corrected chi connectivity index (χ3v) is 3.48. The third-order valence-electron chi connectivity index (χ3n) is 3.48. The molecule has 4 aromatic rings. The smallest absolute Gasteiger partial charge is 0.0949 e. The maximum absolute atomic E-state index is 4.67. The number of hydrogen-bond acceptors (Lipinski definition) is 1. The van der Waals surface area contributed by atoms with Crippen LogP contribution >= 0.6 is 0 Å². The van der Waals surface area contributed by atoms with Crippen LogP contribution in [0.3, 0.4) is 0 Å². The van der Waals surface area contributed by atoms with E-state index in [1.54, 1.807) is 0 Å². The van der Waals surface area contributed by atoms with Crippen LogP contribution in [0.5, 0.6) is 0 Å². The number of para-hydroxylation sites is 2. The Morgan fingerprint density at radius 3 is 2.55 bits per heavy atom. The predicted molar refractivity (Wildman–Crippen MR) is 80.9 cm³/mol. The molecule has 0 radical (unpaired) electrons. The number of benzene rings is 2. The van der Waals surface area contributed by atoms with Gasteiger partial charge in [0.25, 0.3) is 0 Å². The summed E-state index contributed by atoms with van der Waals surface area (Å²) in [6.45, 7) is 0. The summed E-state index contributed by atoms with van der Waals surface area (Å²) < 4.78 is 1.90. The van der Waals surface area contributed by atoms with Crippen molar-refractivity contribution < 1.29 is 0 Å². The van der Waals surface area contributed by atoms with Gasteiger partial charge in [0.2, 0.25) is 0 Å². The Hall–Kier alpha value is -2.81. The standard InChI is InChI=1S/C17H13N3/c1-2-6-13(7-3-1)20-11-10-17(19-20)15-12-18-16-9-5-4-8-14(15)16/h1-12,18H. The average molecular weight is 259 g/mol. The molecule has 0 aliphatic carbocycles. The molecule has 0 aliphatic rings. The van der Waals surface area contributed by atoms with E-state index in [1.807, 2.05) is 65.6 Å². The normalized spacial score (nSPS) is 11.0. The molecule has 1 N–H and O–H groups in total. The summed E-state index contributed by atoms with van der Waals surface area (Å²) in [5.41, 5.74) is 4.32. The fraction of sp³-hybridized carbons (Fsp3) is 0. The van der Waals surface area contributed by atoms with Crippen molar-refractivity contribution in [2.75, 3.05) is 0 Å². The van der Waals surface area contributed by atoms with Crippen LogP contribution in [-0.4, -0.2) is 14.8 Å². The number of H-pyrrole nitrogens is 1. The minimum atomic E-state index is 0.978. The Morgan fingerprint density at radius 1 is 0.850 bits per heavy atom. The van der Waals surface area contributed by atoms with Crippen LogP contribution in [0.15, 0.2) is 73.1 Å². The molecule has 2 heterocycles. The van der Waals surface area contributed by atoms with Crippen molar-refractivity contribution in [3.8, 4) is 16.9 Å². The van der Waals surface area contributed by atoms with E-state index < -0.39 is 0 Å². The summed E-state index contributed by atoms with van der Waals surface area (Å²) in [6.07, 6.45) is 4.01. The molecule has 2 aromatic heterocycles. The van der Waals surface area contributed by atoms with Gasteiger partial charge in [-0.3, -0.25) is 0 Å². The fourth-order valence-electron chi connectivity index (χ4n) is 2.48. The highest BCUT2D eigenvalue weighted by Gasteiger charge is 2.08. The molecule has 0 aliphatic heterocycles. The van der Waals surface area contributed by atoms with Crippen LogP contribution in [-0.2, 0) is 0 Å². The van der Waals surface area contributed by atoms with Crippen molar-refractivity contribution in [2.45, 2.75) is 0 Å². The van der Waals surface area contributed by atoms with Crippen LogP contribution in [0.25, 0.3) is 27.8 Å². The fourth-order valence-corrected chi connectivity index (χ4v) is 2.48. The van der Waals surface area contributed by atoms with E-state index in [9.17, 15) is 0 Å². The first-order valence-electron chi connectivity index (χ1n) is 6.59. The van der Waals surface area contributed by atoms with Gasteiger partial charge in [0.15, 0.2) is 0 Å². The van der Waals surface area contributed by atoms with Gasteiger partial charge in [-0.15, -0.1) is 0 Å². The predicted octanol–water partition coefficient (Wildman–Crippen LogP) is 4.02. The second kappa shape index (κ2) is 4.38. The minimum absolute atomic E-state index is 0.978. The monoisotopic (exact) mass is 259 g/mol. The highest BCUT2D eigenvalue weighted by atomic mass is 15.3. The summed E-state index contributed by atoms with van der Waals surface area (Å²) in [5.74, 6) is 0. The maximum atomic E-state index is 4.67. The Labute approximate surface area is 116 Å². The summed E-state index contributed by atoms with van der Waals surface area (Å²) in [4.78, 5) is 3.29. The molecular formula is C17H13N3. The molecule has 0 spiro atoms. The number of rotatable bonds is 2. The molecule has 0 atom stereocenters. The number of hydrogen-bond donors (Lipinski definition) is 1. The maximum Gasteiger partial charge on any atom is 0.0949 e. The Bertz CT molecular complexity index is 856. The summed E-state index contributed by atoms with van der Waals surface area (Å²) in [6, 6.07) is 20.5. The van der Waals surface area contributed by atoms with Crippen molar-refractivity contribution in [1.29, 1.82) is 0 Å². The van der Waals surface area contributed by atoms with Gasteiger partial charge in [-0.1, -0.05) is 36.4 Å². The zero-order chi connectivity index (χ0) is 13.4. The molecule has 3 nitrogen and oxygen atoms in total. The number of aromatic nitrogens is 3. The van der Waals surface area contributed by atoms with Gasteiger partial charge in [-0.05, 0) is 24.3 Å². The van der Waals surface area contributed by atoms with Gasteiger partial charge in [-0.2, -0.15) is 5.10 Å². The van der Waals surface area contributed by atoms with Crippen LogP contribution < -0.4 is 0 Å². The van der Waals surface area contributed by atoms with Crippen LogP contribution in [0, 0.1) is 0 Å². The molecular weight excluding hydrogens is 246 g/mol.